The largest absolute Gasteiger partial charge is 0.419 e. The van der Waals surface area contributed by atoms with Gasteiger partial charge in [-0.25, -0.2) is 14.6 Å². The third-order valence-corrected chi connectivity index (χ3v) is 3.77. The highest BCUT2D eigenvalue weighted by Gasteiger charge is 2.38. The van der Waals surface area contributed by atoms with Crippen LogP contribution in [0.5, 0.6) is 0 Å². The summed E-state index contributed by atoms with van der Waals surface area (Å²) < 4.78 is 10.1. The molecular weight excluding hydrogens is 298 g/mol. The van der Waals surface area contributed by atoms with Crippen LogP contribution in [0, 0.1) is 13.8 Å². The zero-order valence-electron chi connectivity index (χ0n) is 13.3. The van der Waals surface area contributed by atoms with Crippen molar-refractivity contribution in [1.82, 2.24) is 9.97 Å². The quantitative estimate of drug-likeness (QED) is 0.502. The Balaban J connectivity index is 1.92. The van der Waals surface area contributed by atoms with Gasteiger partial charge in [0, 0.05) is 25.7 Å². The summed E-state index contributed by atoms with van der Waals surface area (Å²) in [4.78, 5) is 31.1. The zero-order valence-corrected chi connectivity index (χ0v) is 13.3. The lowest BCUT2D eigenvalue weighted by atomic mass is 10.1. The normalized spacial score (nSPS) is 17.0. The maximum Gasteiger partial charge on any atom is 0.350 e. The van der Waals surface area contributed by atoms with Gasteiger partial charge in [0.25, 0.3) is 5.79 Å². The van der Waals surface area contributed by atoms with Crippen molar-refractivity contribution in [2.75, 3.05) is 5.32 Å². The molecule has 3 rings (SSSR count). The maximum atomic E-state index is 11.9. The number of hydrogen-bond acceptors (Lipinski definition) is 6. The van der Waals surface area contributed by atoms with Crippen LogP contribution in [0.2, 0.25) is 0 Å². The van der Waals surface area contributed by atoms with Crippen molar-refractivity contribution in [2.45, 2.75) is 33.5 Å². The number of carbonyl (C=O) groups excluding carboxylic acids is 2. The Morgan fingerprint density at radius 2 is 1.83 bits per heavy atom. The Labute approximate surface area is 132 Å². The summed E-state index contributed by atoms with van der Waals surface area (Å²) in [5, 5.41) is 2.98. The number of nitrogens with zero attached hydrogens (tertiary/aromatic N) is 1. The Morgan fingerprint density at radius 3 is 2.48 bits per heavy atom. The lowest BCUT2D eigenvalue weighted by Gasteiger charge is -2.29. The van der Waals surface area contributed by atoms with E-state index < -0.39 is 17.7 Å². The van der Waals surface area contributed by atoms with E-state index in [0.717, 1.165) is 27.8 Å². The number of aromatic nitrogens is 2. The molecule has 0 bridgehead atoms. The van der Waals surface area contributed by atoms with Crippen LogP contribution >= 0.6 is 0 Å². The molecule has 1 fully saturated rings. The van der Waals surface area contributed by atoms with Gasteiger partial charge in [-0.15, -0.1) is 0 Å². The van der Waals surface area contributed by atoms with Crippen LogP contribution in [0.3, 0.4) is 0 Å². The monoisotopic (exact) mass is 315 g/mol. The summed E-state index contributed by atoms with van der Waals surface area (Å²) in [6.45, 7) is 6.91. The number of anilines is 1. The number of fused-ring (bicyclic) bond motifs is 1. The van der Waals surface area contributed by atoms with Gasteiger partial charge >= 0.3 is 11.9 Å². The first-order chi connectivity index (χ1) is 10.8. The second kappa shape index (κ2) is 5.12. The molecule has 2 aromatic rings. The molecule has 0 amide bonds. The van der Waals surface area contributed by atoms with E-state index in [4.69, 9.17) is 9.47 Å². The van der Waals surface area contributed by atoms with E-state index in [1.807, 2.05) is 19.9 Å². The molecule has 1 aromatic carbocycles. The molecule has 1 aliphatic rings. The van der Waals surface area contributed by atoms with Gasteiger partial charge in [0.05, 0.1) is 17.4 Å². The number of benzene rings is 1. The Bertz CT molecular complexity index is 826. The predicted molar refractivity (Wildman–Crippen MR) is 83.5 cm³/mol. The van der Waals surface area contributed by atoms with Crippen molar-refractivity contribution < 1.29 is 19.1 Å². The summed E-state index contributed by atoms with van der Waals surface area (Å²) in [5.74, 6) is -2.67. The van der Waals surface area contributed by atoms with Crippen LogP contribution < -0.4 is 5.32 Å². The van der Waals surface area contributed by atoms with E-state index in [0.29, 0.717) is 0 Å². The van der Waals surface area contributed by atoms with E-state index >= 15 is 0 Å². The average molecular weight is 315 g/mol. The van der Waals surface area contributed by atoms with Crippen LogP contribution in [-0.2, 0) is 19.1 Å². The van der Waals surface area contributed by atoms with E-state index in [2.05, 4.69) is 15.3 Å². The molecule has 23 heavy (non-hydrogen) atoms. The SMILES string of the molecule is Cc1c(NC=C2C(=O)OC(C)(C)OC2=O)cc2[nH]cnc2c1C. The molecule has 0 atom stereocenters. The summed E-state index contributed by atoms with van der Waals surface area (Å²) in [5.41, 5.74) is 4.32. The van der Waals surface area contributed by atoms with Crippen LogP contribution in [-0.4, -0.2) is 27.7 Å². The Morgan fingerprint density at radius 1 is 1.17 bits per heavy atom. The van der Waals surface area contributed by atoms with Crippen molar-refractivity contribution in [3.05, 3.63) is 35.3 Å². The van der Waals surface area contributed by atoms with Gasteiger partial charge < -0.3 is 19.8 Å². The molecule has 0 aliphatic carbocycles. The standard InChI is InChI=1S/C16H17N3O4/c1-8-9(2)13-12(18-7-19-13)5-11(8)17-6-10-14(20)22-16(3,4)23-15(10)21/h5-7,17H,1-4H3,(H,18,19). The summed E-state index contributed by atoms with van der Waals surface area (Å²) in [6.07, 6.45) is 2.93. The van der Waals surface area contributed by atoms with Crippen molar-refractivity contribution >= 4 is 28.7 Å². The highest BCUT2D eigenvalue weighted by atomic mass is 16.7. The Kier molecular flexibility index (Phi) is 3.35. The van der Waals surface area contributed by atoms with Gasteiger partial charge in [0.1, 0.15) is 0 Å². The molecule has 1 saturated heterocycles. The fourth-order valence-electron chi connectivity index (χ4n) is 2.42. The summed E-state index contributed by atoms with van der Waals surface area (Å²) >= 11 is 0. The van der Waals surface area contributed by atoms with E-state index in [1.165, 1.54) is 20.0 Å². The summed E-state index contributed by atoms with van der Waals surface area (Å²) in [6, 6.07) is 1.87. The molecule has 0 spiro atoms. The average Bonchev–Trinajstić information content (AvgIpc) is 2.90. The van der Waals surface area contributed by atoms with Crippen molar-refractivity contribution in [2.24, 2.45) is 0 Å². The molecule has 0 unspecified atom stereocenters. The number of imidazole rings is 1. The number of hydrogen-bond donors (Lipinski definition) is 2. The maximum absolute atomic E-state index is 11.9. The van der Waals surface area contributed by atoms with Gasteiger partial charge in [-0.05, 0) is 31.0 Å². The van der Waals surface area contributed by atoms with E-state index in [9.17, 15) is 9.59 Å². The fourth-order valence-corrected chi connectivity index (χ4v) is 2.42. The second-order valence-corrected chi connectivity index (χ2v) is 5.85. The first kappa shape index (κ1) is 15.1. The van der Waals surface area contributed by atoms with Crippen molar-refractivity contribution in [3.8, 4) is 0 Å². The fraction of sp³-hybridized carbons (Fsp3) is 0.312. The number of ether oxygens (including phenoxy) is 2. The van der Waals surface area contributed by atoms with Crippen molar-refractivity contribution in [3.63, 3.8) is 0 Å². The first-order valence-corrected chi connectivity index (χ1v) is 7.15. The number of cyclic esters (lactones) is 2. The number of nitrogens with one attached hydrogen (secondary N) is 2. The number of H-pyrrole nitrogens is 1. The molecule has 0 radical (unpaired) electrons. The van der Waals surface area contributed by atoms with Gasteiger partial charge in [-0.2, -0.15) is 0 Å². The van der Waals surface area contributed by atoms with Crippen molar-refractivity contribution in [1.29, 1.82) is 0 Å². The van der Waals surface area contributed by atoms with E-state index in [-0.39, 0.29) is 5.57 Å². The zero-order chi connectivity index (χ0) is 16.8. The van der Waals surface area contributed by atoms with Gasteiger partial charge in [-0.3, -0.25) is 0 Å². The van der Waals surface area contributed by atoms with E-state index in [1.54, 1.807) is 6.33 Å². The minimum absolute atomic E-state index is 0.175. The minimum Gasteiger partial charge on any atom is -0.419 e. The number of aryl methyl sites for hydroxylation is 1. The number of carbonyl (C=O) groups is 2. The number of aromatic amines is 1. The molecule has 0 saturated carbocycles. The number of esters is 2. The molecule has 1 aliphatic heterocycles. The number of rotatable bonds is 2. The third kappa shape index (κ3) is 2.65. The lowest BCUT2D eigenvalue weighted by molar-refractivity contribution is -0.222. The van der Waals surface area contributed by atoms with Crippen LogP contribution in [0.4, 0.5) is 5.69 Å². The minimum atomic E-state index is -1.24. The van der Waals surface area contributed by atoms with Crippen LogP contribution in [0.15, 0.2) is 24.2 Å². The van der Waals surface area contributed by atoms with Gasteiger partial charge in [-0.1, -0.05) is 0 Å². The molecule has 1 aromatic heterocycles. The Hall–Kier alpha value is -2.83. The lowest BCUT2D eigenvalue weighted by Crippen LogP contribution is -2.42. The smallest absolute Gasteiger partial charge is 0.350 e. The van der Waals surface area contributed by atoms with Gasteiger partial charge in [0.2, 0.25) is 0 Å². The molecule has 120 valence electrons. The predicted octanol–water partition coefficient (Wildman–Crippen LogP) is 2.31. The molecular formula is C16H17N3O4. The third-order valence-electron chi connectivity index (χ3n) is 3.77. The van der Waals surface area contributed by atoms with Gasteiger partial charge in [0.15, 0.2) is 5.57 Å². The first-order valence-electron chi connectivity index (χ1n) is 7.15. The highest BCUT2D eigenvalue weighted by Crippen LogP contribution is 2.27. The topological polar surface area (TPSA) is 93.3 Å². The molecule has 7 nitrogen and oxygen atoms in total. The molecule has 7 heteroatoms. The summed E-state index contributed by atoms with van der Waals surface area (Å²) in [7, 11) is 0. The highest BCUT2D eigenvalue weighted by molar-refractivity contribution is 6.15. The van der Waals surface area contributed by atoms with Crippen LogP contribution in [0.25, 0.3) is 11.0 Å². The molecule has 2 N–H and O–H groups in total. The second-order valence-electron chi connectivity index (χ2n) is 5.85. The molecule has 2 heterocycles. The van der Waals surface area contributed by atoms with Crippen LogP contribution in [0.1, 0.15) is 25.0 Å².